The SMILES string of the molecule is CC(=O)/C=C(/C)O.Cc1cc(C(F)(F)F)cc(C(F)(F)F)c1-c1c[c-]c(-c2cc(CO)ccn2)c(CO)c1.[Ir]. The van der Waals surface area contributed by atoms with Crippen LogP contribution < -0.4 is 0 Å². The molecule has 3 aromatic rings. The van der Waals surface area contributed by atoms with E-state index >= 15 is 0 Å². The summed E-state index contributed by atoms with van der Waals surface area (Å²) >= 11 is 0. The Morgan fingerprint density at radius 2 is 1.64 bits per heavy atom. The number of hydrogen-bond acceptors (Lipinski definition) is 5. The molecule has 39 heavy (non-hydrogen) atoms. The van der Waals surface area contributed by atoms with Crippen molar-refractivity contribution >= 4 is 5.78 Å². The Kier molecular flexibility index (Phi) is 12.1. The molecule has 1 radical (unpaired) electrons. The van der Waals surface area contributed by atoms with Gasteiger partial charge in [-0.05, 0) is 55.8 Å². The van der Waals surface area contributed by atoms with E-state index in [9.17, 15) is 41.4 Å². The van der Waals surface area contributed by atoms with Crippen LogP contribution in [0.4, 0.5) is 26.3 Å². The summed E-state index contributed by atoms with van der Waals surface area (Å²) in [6.07, 6.45) is -7.37. The van der Waals surface area contributed by atoms with Crippen molar-refractivity contribution in [1.82, 2.24) is 4.98 Å². The normalized spacial score (nSPS) is 11.8. The van der Waals surface area contributed by atoms with Crippen LogP contribution in [0.25, 0.3) is 22.4 Å². The number of aromatic nitrogens is 1. The van der Waals surface area contributed by atoms with Crippen LogP contribution in [-0.2, 0) is 50.5 Å². The van der Waals surface area contributed by atoms with Crippen LogP contribution in [0, 0.1) is 13.0 Å². The first-order valence-electron chi connectivity index (χ1n) is 11.0. The van der Waals surface area contributed by atoms with Gasteiger partial charge in [0.15, 0.2) is 5.78 Å². The van der Waals surface area contributed by atoms with Crippen molar-refractivity contribution in [3.8, 4) is 22.4 Å². The first-order valence-corrected chi connectivity index (χ1v) is 11.0. The molecule has 1 aromatic heterocycles. The average molecular weight is 733 g/mol. The number of benzene rings is 2. The van der Waals surface area contributed by atoms with E-state index < -0.39 is 35.6 Å². The molecule has 0 bridgehead atoms. The number of nitrogens with zero attached hydrogens (tertiary/aromatic N) is 1. The Hall–Kier alpha value is -3.05. The van der Waals surface area contributed by atoms with Crippen molar-refractivity contribution in [2.24, 2.45) is 0 Å². The predicted molar refractivity (Wildman–Crippen MR) is 128 cm³/mol. The van der Waals surface area contributed by atoms with Crippen LogP contribution in [0.3, 0.4) is 0 Å². The third-order valence-corrected chi connectivity index (χ3v) is 5.13. The summed E-state index contributed by atoms with van der Waals surface area (Å²) in [7, 11) is 0. The summed E-state index contributed by atoms with van der Waals surface area (Å²) < 4.78 is 80.1. The van der Waals surface area contributed by atoms with Gasteiger partial charge < -0.3 is 20.3 Å². The van der Waals surface area contributed by atoms with E-state index in [-0.39, 0.29) is 61.0 Å². The van der Waals surface area contributed by atoms with E-state index in [0.29, 0.717) is 22.9 Å². The monoisotopic (exact) mass is 733 g/mol. The summed E-state index contributed by atoms with van der Waals surface area (Å²) in [5.41, 5.74) is -2.13. The summed E-state index contributed by atoms with van der Waals surface area (Å²) in [5.74, 6) is -0.0625. The largest absolute Gasteiger partial charge is 0.512 e. The zero-order valence-corrected chi connectivity index (χ0v) is 23.2. The second kappa shape index (κ2) is 13.8. The Balaban J connectivity index is 0.000000841. The number of allylic oxidation sites excluding steroid dienone is 2. The van der Waals surface area contributed by atoms with Crippen molar-refractivity contribution in [2.75, 3.05) is 0 Å². The molecule has 3 N–H and O–H groups in total. The Labute approximate surface area is 234 Å². The van der Waals surface area contributed by atoms with E-state index in [4.69, 9.17) is 5.11 Å². The smallest absolute Gasteiger partial charge is 0.416 e. The number of halogens is 6. The van der Waals surface area contributed by atoms with E-state index in [2.05, 4.69) is 11.1 Å². The fraction of sp³-hybridized carbons (Fsp3) is 0.259. The number of rotatable bonds is 5. The van der Waals surface area contributed by atoms with E-state index in [1.165, 1.54) is 51.2 Å². The van der Waals surface area contributed by atoms with Gasteiger partial charge in [-0.25, -0.2) is 0 Å². The summed E-state index contributed by atoms with van der Waals surface area (Å²) in [6, 6.07) is 9.11. The first-order chi connectivity index (χ1) is 17.6. The van der Waals surface area contributed by atoms with Crippen LogP contribution in [0.2, 0.25) is 0 Å². The number of ketones is 1. The minimum Gasteiger partial charge on any atom is -0.512 e. The Morgan fingerprint density at radius 1 is 1.00 bits per heavy atom. The Bertz CT molecular complexity index is 1330. The van der Waals surface area contributed by atoms with Crippen LogP contribution in [0.1, 0.15) is 41.7 Å². The average Bonchev–Trinajstić information content (AvgIpc) is 2.81. The predicted octanol–water partition coefficient (Wildman–Crippen LogP) is 6.58. The molecule has 0 saturated carbocycles. The Morgan fingerprint density at radius 3 is 2.10 bits per heavy atom. The number of aliphatic hydroxyl groups is 3. The minimum absolute atomic E-state index is 0. The molecule has 2 aromatic carbocycles. The van der Waals surface area contributed by atoms with Gasteiger partial charge in [-0.1, -0.05) is 17.2 Å². The van der Waals surface area contributed by atoms with Crippen molar-refractivity contribution in [2.45, 2.75) is 46.3 Å². The van der Waals surface area contributed by atoms with Gasteiger partial charge in [0.2, 0.25) is 0 Å². The number of carbonyl (C=O) groups is 1. The van der Waals surface area contributed by atoms with Crippen LogP contribution in [0.5, 0.6) is 0 Å². The maximum atomic E-state index is 13.6. The van der Waals surface area contributed by atoms with Gasteiger partial charge in [0.25, 0.3) is 0 Å². The number of alkyl halides is 6. The molecule has 0 aliphatic carbocycles. The first kappa shape index (κ1) is 34.0. The molecular weight excluding hydrogens is 709 g/mol. The van der Waals surface area contributed by atoms with Gasteiger partial charge in [-0.2, -0.15) is 26.3 Å². The number of pyridine rings is 1. The maximum absolute atomic E-state index is 13.6. The van der Waals surface area contributed by atoms with Crippen LogP contribution >= 0.6 is 0 Å². The fourth-order valence-corrected chi connectivity index (χ4v) is 3.61. The molecule has 3 rings (SSSR count). The van der Waals surface area contributed by atoms with Gasteiger partial charge in [0.1, 0.15) is 0 Å². The topological polar surface area (TPSA) is 90.7 Å². The summed E-state index contributed by atoms with van der Waals surface area (Å²) in [5, 5.41) is 27.4. The molecule has 12 heteroatoms. The molecular formula is C27H24F6IrNO4-. The molecule has 0 aliphatic heterocycles. The molecule has 0 fully saturated rings. The molecule has 0 amide bonds. The molecule has 1 heterocycles. The summed E-state index contributed by atoms with van der Waals surface area (Å²) in [6.45, 7) is 3.19. The van der Waals surface area contributed by atoms with Crippen molar-refractivity contribution in [1.29, 1.82) is 0 Å². The fourth-order valence-electron chi connectivity index (χ4n) is 3.61. The number of hydrogen-bond donors (Lipinski definition) is 3. The second-order valence-electron chi connectivity index (χ2n) is 8.26. The third kappa shape index (κ3) is 9.28. The molecule has 213 valence electrons. The molecule has 0 saturated heterocycles. The third-order valence-electron chi connectivity index (χ3n) is 5.13. The zero-order valence-electron chi connectivity index (χ0n) is 20.8. The van der Waals surface area contributed by atoms with E-state index in [1.54, 1.807) is 6.07 Å². The molecule has 0 unspecified atom stereocenters. The second-order valence-corrected chi connectivity index (χ2v) is 8.26. The van der Waals surface area contributed by atoms with Gasteiger partial charge in [-0.3, -0.25) is 4.79 Å². The van der Waals surface area contributed by atoms with Gasteiger partial charge in [0.05, 0.1) is 23.5 Å². The van der Waals surface area contributed by atoms with Gasteiger partial charge >= 0.3 is 12.4 Å². The maximum Gasteiger partial charge on any atom is 0.416 e. The van der Waals surface area contributed by atoms with Crippen molar-refractivity contribution < 1.29 is 66.6 Å². The van der Waals surface area contributed by atoms with E-state index in [0.717, 1.165) is 0 Å². The molecule has 0 spiro atoms. The molecule has 0 aliphatic rings. The number of aliphatic hydroxyl groups excluding tert-OH is 3. The van der Waals surface area contributed by atoms with Crippen LogP contribution in [0.15, 0.2) is 54.4 Å². The van der Waals surface area contributed by atoms with Crippen molar-refractivity contribution in [3.05, 3.63) is 88.3 Å². The summed E-state index contributed by atoms with van der Waals surface area (Å²) in [4.78, 5) is 14.1. The number of aryl methyl sites for hydroxylation is 1. The van der Waals surface area contributed by atoms with Gasteiger partial charge in [0, 0.05) is 39.0 Å². The standard InChI is InChI=1S/C22H16F6NO2.C5H8O2.Ir/c1-12-6-16(21(23,24)25)9-18(22(26,27)28)20(12)14-2-3-17(15(8-14)11-31)19-7-13(10-30)4-5-29-19;1-4(6)3-5(2)7;/h2,4-9,30-31H,10-11H2,1H3;3,6H,1-2H3;/q-1;;/b;4-3-;. The molecule has 0 atom stereocenters. The minimum atomic E-state index is -5.03. The number of carbonyl (C=O) groups excluding carboxylic acids is 1. The van der Waals surface area contributed by atoms with Gasteiger partial charge in [-0.15, -0.1) is 29.3 Å². The quantitative estimate of drug-likeness (QED) is 0.119. The molecule has 5 nitrogen and oxygen atoms in total. The van der Waals surface area contributed by atoms with E-state index in [1.807, 2.05) is 0 Å². The van der Waals surface area contributed by atoms with Crippen LogP contribution in [-0.4, -0.2) is 26.1 Å². The zero-order chi connectivity index (χ0) is 28.8. The van der Waals surface area contributed by atoms with Crippen molar-refractivity contribution in [3.63, 3.8) is 0 Å².